The maximum Gasteiger partial charge on any atom is 0.402 e. The lowest BCUT2D eigenvalue weighted by Gasteiger charge is -2.22. The number of alkyl halides is 3. The molecule has 0 radical (unpaired) electrons. The highest BCUT2D eigenvalue weighted by Gasteiger charge is 2.37. The van der Waals surface area contributed by atoms with Crippen molar-refractivity contribution in [1.82, 2.24) is 14.5 Å². The van der Waals surface area contributed by atoms with Gasteiger partial charge in [0, 0.05) is 12.7 Å². The molecule has 0 amide bonds. The number of carbonyl (C=O) groups excluding carboxylic acids is 1. The van der Waals surface area contributed by atoms with E-state index < -0.39 is 46.6 Å². The fourth-order valence-corrected chi connectivity index (χ4v) is 2.67. The molecule has 114 valence electrons. The van der Waals surface area contributed by atoms with E-state index in [2.05, 4.69) is 14.9 Å². The van der Waals surface area contributed by atoms with Crippen LogP contribution in [0.25, 0.3) is 0 Å². The largest absolute Gasteiger partial charge is 0.469 e. The van der Waals surface area contributed by atoms with Crippen LogP contribution < -0.4 is 0 Å². The summed E-state index contributed by atoms with van der Waals surface area (Å²) in [6.07, 6.45) is -3.37. The molecule has 7 nitrogen and oxygen atoms in total. The molecule has 20 heavy (non-hydrogen) atoms. The number of hydrogen-bond acceptors (Lipinski definition) is 5. The molecule has 0 saturated heterocycles. The number of esters is 1. The third kappa shape index (κ3) is 4.49. The van der Waals surface area contributed by atoms with Crippen molar-refractivity contribution in [2.75, 3.05) is 20.2 Å². The van der Waals surface area contributed by atoms with Crippen molar-refractivity contribution in [2.45, 2.75) is 17.5 Å². The van der Waals surface area contributed by atoms with Crippen LogP contribution in [0.1, 0.15) is 6.42 Å². The predicted molar refractivity (Wildman–Crippen MR) is 60.0 cm³/mol. The van der Waals surface area contributed by atoms with E-state index in [0.717, 1.165) is 19.5 Å². The lowest BCUT2D eigenvalue weighted by molar-refractivity contribution is -0.144. The zero-order valence-corrected chi connectivity index (χ0v) is 11.2. The van der Waals surface area contributed by atoms with Crippen molar-refractivity contribution in [3.63, 3.8) is 0 Å². The Kier molecular flexibility index (Phi) is 5.11. The quantitative estimate of drug-likeness (QED) is 0.773. The summed E-state index contributed by atoms with van der Waals surface area (Å²) in [4.78, 5) is 10.5. The zero-order valence-electron chi connectivity index (χ0n) is 10.3. The van der Waals surface area contributed by atoms with Crippen molar-refractivity contribution < 1.29 is 31.1 Å². The fourth-order valence-electron chi connectivity index (χ4n) is 1.33. The number of halogens is 3. The average Bonchev–Trinajstić information content (AvgIpc) is 2.86. The Morgan fingerprint density at radius 1 is 1.50 bits per heavy atom. The van der Waals surface area contributed by atoms with Gasteiger partial charge in [-0.15, -0.1) is 0 Å². The number of sulfonamides is 1. The third-order valence-corrected chi connectivity index (χ3v) is 4.07. The van der Waals surface area contributed by atoms with Gasteiger partial charge < -0.3 is 4.74 Å². The number of methoxy groups -OCH3 is 1. The highest BCUT2D eigenvalue weighted by molar-refractivity contribution is 7.89. The summed E-state index contributed by atoms with van der Waals surface area (Å²) in [6, 6.07) is 0. The molecule has 0 saturated carbocycles. The minimum Gasteiger partial charge on any atom is -0.469 e. The van der Waals surface area contributed by atoms with Crippen molar-refractivity contribution in [1.29, 1.82) is 0 Å². The molecule has 0 aromatic carbocycles. The highest BCUT2D eigenvalue weighted by atomic mass is 32.2. The Balaban J connectivity index is 2.95. The van der Waals surface area contributed by atoms with Crippen molar-refractivity contribution in [3.05, 3.63) is 12.4 Å². The summed E-state index contributed by atoms with van der Waals surface area (Å²) in [7, 11) is -3.33. The van der Waals surface area contributed by atoms with E-state index in [-0.39, 0.29) is 4.31 Å². The van der Waals surface area contributed by atoms with E-state index in [0.29, 0.717) is 0 Å². The molecule has 1 rings (SSSR count). The van der Waals surface area contributed by atoms with Gasteiger partial charge in [0.25, 0.3) is 0 Å². The molecule has 1 N–H and O–H groups in total. The Hall–Kier alpha value is -1.62. The van der Waals surface area contributed by atoms with Gasteiger partial charge in [-0.05, 0) is 0 Å². The van der Waals surface area contributed by atoms with E-state index >= 15 is 0 Å². The summed E-state index contributed by atoms with van der Waals surface area (Å²) in [5.41, 5.74) is 0. The molecule has 0 aliphatic carbocycles. The molecule has 1 aromatic rings. The van der Waals surface area contributed by atoms with E-state index in [1.165, 1.54) is 0 Å². The number of H-pyrrole nitrogens is 1. The molecule has 0 atom stereocenters. The molecule has 0 spiro atoms. The van der Waals surface area contributed by atoms with Gasteiger partial charge in [0.15, 0.2) is 0 Å². The van der Waals surface area contributed by atoms with Crippen LogP contribution in [-0.2, 0) is 19.6 Å². The zero-order chi connectivity index (χ0) is 15.4. The Bertz CT molecular complexity index is 541. The van der Waals surface area contributed by atoms with E-state index in [9.17, 15) is 26.4 Å². The third-order valence-electron chi connectivity index (χ3n) is 2.26. The van der Waals surface area contributed by atoms with Crippen LogP contribution in [0.2, 0.25) is 0 Å². The summed E-state index contributed by atoms with van der Waals surface area (Å²) < 4.78 is 65.7. The Labute approximate surface area is 112 Å². The molecule has 0 bridgehead atoms. The maximum absolute atomic E-state index is 12.4. The van der Waals surface area contributed by atoms with Gasteiger partial charge in [-0.3, -0.25) is 9.89 Å². The van der Waals surface area contributed by atoms with Crippen LogP contribution in [0.3, 0.4) is 0 Å². The summed E-state index contributed by atoms with van der Waals surface area (Å²) in [5, 5.41) is 5.58. The second-order valence-corrected chi connectivity index (χ2v) is 5.65. The standard InChI is InChI=1S/C9H12F3N3O4S/c1-19-8(16)2-3-15(6-9(10,11)12)20(17,18)7-4-13-14-5-7/h4-5H,2-3,6H2,1H3,(H,13,14). The number of aromatic nitrogens is 2. The first-order chi connectivity index (χ1) is 9.16. The van der Waals surface area contributed by atoms with Gasteiger partial charge in [-0.2, -0.15) is 22.6 Å². The lowest BCUT2D eigenvalue weighted by atomic mass is 10.4. The van der Waals surface area contributed by atoms with Gasteiger partial charge in [0.05, 0.1) is 19.7 Å². The fraction of sp³-hybridized carbons (Fsp3) is 0.556. The normalized spacial score (nSPS) is 12.7. The number of hydrogen-bond donors (Lipinski definition) is 1. The number of nitrogens with zero attached hydrogens (tertiary/aromatic N) is 2. The van der Waals surface area contributed by atoms with Crippen molar-refractivity contribution >= 4 is 16.0 Å². The van der Waals surface area contributed by atoms with Crippen LogP contribution >= 0.6 is 0 Å². The maximum atomic E-state index is 12.4. The molecule has 1 heterocycles. The van der Waals surface area contributed by atoms with Gasteiger partial charge in [-0.25, -0.2) is 8.42 Å². The second kappa shape index (κ2) is 6.22. The number of rotatable bonds is 6. The van der Waals surface area contributed by atoms with Crippen LogP contribution in [0.15, 0.2) is 17.3 Å². The van der Waals surface area contributed by atoms with E-state index in [1.54, 1.807) is 0 Å². The number of carbonyl (C=O) groups is 1. The van der Waals surface area contributed by atoms with Gasteiger partial charge >= 0.3 is 12.1 Å². The number of nitrogens with one attached hydrogen (secondary N) is 1. The smallest absolute Gasteiger partial charge is 0.402 e. The minimum absolute atomic E-state index is 0.161. The number of aromatic amines is 1. The molecule has 0 fully saturated rings. The Morgan fingerprint density at radius 2 is 2.15 bits per heavy atom. The molecule has 1 aromatic heterocycles. The lowest BCUT2D eigenvalue weighted by Crippen LogP contribution is -2.40. The van der Waals surface area contributed by atoms with Crippen LogP contribution in [0, 0.1) is 0 Å². The SMILES string of the molecule is COC(=O)CCN(CC(F)(F)F)S(=O)(=O)c1cn[nH]c1. The molecule has 0 aliphatic rings. The molecule has 11 heteroatoms. The Morgan fingerprint density at radius 3 is 2.60 bits per heavy atom. The monoisotopic (exact) mass is 315 g/mol. The van der Waals surface area contributed by atoms with E-state index in [4.69, 9.17) is 0 Å². The molecule has 0 aliphatic heterocycles. The topological polar surface area (TPSA) is 92.4 Å². The first kappa shape index (κ1) is 16.4. The predicted octanol–water partition coefficient (Wildman–Crippen LogP) is 0.526. The molecular weight excluding hydrogens is 303 g/mol. The van der Waals surface area contributed by atoms with Crippen molar-refractivity contribution in [2.24, 2.45) is 0 Å². The van der Waals surface area contributed by atoms with Crippen LogP contribution in [0.4, 0.5) is 13.2 Å². The molecular formula is C9H12F3N3O4S. The van der Waals surface area contributed by atoms with E-state index in [1.807, 2.05) is 0 Å². The first-order valence-electron chi connectivity index (χ1n) is 5.29. The first-order valence-corrected chi connectivity index (χ1v) is 6.73. The van der Waals surface area contributed by atoms with Gasteiger partial charge in [-0.1, -0.05) is 0 Å². The van der Waals surface area contributed by atoms with Crippen LogP contribution in [0.5, 0.6) is 0 Å². The summed E-state index contributed by atoms with van der Waals surface area (Å²) in [5.74, 6) is -0.806. The number of ether oxygens (including phenoxy) is 1. The minimum atomic E-state index is -4.73. The van der Waals surface area contributed by atoms with Crippen LogP contribution in [-0.4, -0.2) is 55.3 Å². The van der Waals surface area contributed by atoms with Gasteiger partial charge in [0.1, 0.15) is 11.4 Å². The van der Waals surface area contributed by atoms with Gasteiger partial charge in [0.2, 0.25) is 10.0 Å². The molecule has 0 unspecified atom stereocenters. The summed E-state index contributed by atoms with van der Waals surface area (Å²) in [6.45, 7) is -2.34. The second-order valence-electron chi connectivity index (χ2n) is 3.71. The highest BCUT2D eigenvalue weighted by Crippen LogP contribution is 2.22. The summed E-state index contributed by atoms with van der Waals surface area (Å²) >= 11 is 0. The average molecular weight is 315 g/mol. The van der Waals surface area contributed by atoms with Crippen molar-refractivity contribution in [3.8, 4) is 0 Å².